The highest BCUT2D eigenvalue weighted by Gasteiger charge is 2.40. The Hall–Kier alpha value is -2.70. The quantitative estimate of drug-likeness (QED) is 0.907. The Balaban J connectivity index is 1.42. The number of rotatable bonds is 3. The molecule has 2 amide bonds. The molecule has 6 heteroatoms. The van der Waals surface area contributed by atoms with Gasteiger partial charge in [0.25, 0.3) is 11.8 Å². The number of nitrogens with zero attached hydrogens (tertiary/aromatic N) is 1. The van der Waals surface area contributed by atoms with Gasteiger partial charge >= 0.3 is 0 Å². The molecule has 0 radical (unpaired) electrons. The highest BCUT2D eigenvalue weighted by Crippen LogP contribution is 2.31. The highest BCUT2D eigenvalue weighted by molar-refractivity contribution is 6.06. The van der Waals surface area contributed by atoms with Crippen LogP contribution >= 0.6 is 0 Å². The predicted octanol–water partition coefficient (Wildman–Crippen LogP) is 2.92. The first-order chi connectivity index (χ1) is 13.2. The molecule has 27 heavy (non-hydrogen) atoms. The van der Waals surface area contributed by atoms with Crippen LogP contribution in [-0.2, 0) is 9.47 Å². The number of hydrogen-bond acceptors (Lipinski definition) is 4. The van der Waals surface area contributed by atoms with Gasteiger partial charge in [0.1, 0.15) is 0 Å². The third kappa shape index (κ3) is 3.86. The lowest BCUT2D eigenvalue weighted by Crippen LogP contribution is -2.47. The van der Waals surface area contributed by atoms with Gasteiger partial charge in [0, 0.05) is 42.7 Å². The summed E-state index contributed by atoms with van der Waals surface area (Å²) in [5.41, 5.74) is 1.69. The predicted molar refractivity (Wildman–Crippen MR) is 101 cm³/mol. The van der Waals surface area contributed by atoms with E-state index in [0.29, 0.717) is 50.3 Å². The summed E-state index contributed by atoms with van der Waals surface area (Å²) in [7, 11) is 0. The second kappa shape index (κ2) is 7.50. The van der Waals surface area contributed by atoms with Crippen LogP contribution in [0.25, 0.3) is 0 Å². The minimum Gasteiger partial charge on any atom is -0.347 e. The zero-order chi connectivity index (χ0) is 18.7. The van der Waals surface area contributed by atoms with Gasteiger partial charge in [-0.05, 0) is 30.3 Å². The van der Waals surface area contributed by atoms with Gasteiger partial charge in [-0.3, -0.25) is 9.59 Å². The molecule has 2 aromatic carbocycles. The highest BCUT2D eigenvalue weighted by atomic mass is 16.7. The average molecular weight is 366 g/mol. The van der Waals surface area contributed by atoms with Crippen LogP contribution in [0.1, 0.15) is 33.6 Å². The molecule has 0 saturated carbocycles. The van der Waals surface area contributed by atoms with Crippen LogP contribution in [-0.4, -0.2) is 48.8 Å². The number of hydrogen-bond donors (Lipinski definition) is 1. The molecular formula is C21H22N2O4. The molecule has 140 valence electrons. The summed E-state index contributed by atoms with van der Waals surface area (Å²) >= 11 is 0. The monoisotopic (exact) mass is 366 g/mol. The Kier molecular flexibility index (Phi) is 4.92. The standard InChI is InChI=1S/C21H22N2O4/c24-19(22-18-7-2-1-3-8-18)16-5-4-6-17(15-16)20(25)23-11-9-21(10-12-23)26-13-14-27-21/h1-8,15H,9-14H2,(H,22,24). The SMILES string of the molecule is O=C(Nc1ccccc1)c1cccc(C(=O)N2CCC3(CC2)OCCO3)c1. The molecule has 0 atom stereocenters. The van der Waals surface area contributed by atoms with Gasteiger partial charge in [0.15, 0.2) is 5.79 Å². The number of ether oxygens (including phenoxy) is 2. The summed E-state index contributed by atoms with van der Waals surface area (Å²) in [6.45, 7) is 2.40. The van der Waals surface area contributed by atoms with E-state index in [1.807, 2.05) is 30.3 Å². The van der Waals surface area contributed by atoms with E-state index in [0.717, 1.165) is 5.69 Å². The van der Waals surface area contributed by atoms with E-state index in [1.165, 1.54) is 0 Å². The summed E-state index contributed by atoms with van der Waals surface area (Å²) in [5, 5.41) is 2.84. The fourth-order valence-electron chi connectivity index (χ4n) is 3.54. The molecule has 2 saturated heterocycles. The maximum absolute atomic E-state index is 12.8. The topological polar surface area (TPSA) is 67.9 Å². The van der Waals surface area contributed by atoms with Crippen LogP contribution in [0, 0.1) is 0 Å². The van der Waals surface area contributed by atoms with Crippen molar-refractivity contribution in [3.8, 4) is 0 Å². The van der Waals surface area contributed by atoms with Crippen LogP contribution in [0.4, 0.5) is 5.69 Å². The smallest absolute Gasteiger partial charge is 0.255 e. The van der Waals surface area contributed by atoms with E-state index in [4.69, 9.17) is 9.47 Å². The summed E-state index contributed by atoms with van der Waals surface area (Å²) in [6.07, 6.45) is 1.35. The lowest BCUT2D eigenvalue weighted by molar-refractivity contribution is -0.181. The summed E-state index contributed by atoms with van der Waals surface area (Å²) in [5.74, 6) is -0.813. The number of anilines is 1. The van der Waals surface area contributed by atoms with Crippen LogP contribution in [0.2, 0.25) is 0 Å². The second-order valence-electron chi connectivity index (χ2n) is 6.80. The van der Waals surface area contributed by atoms with Crippen LogP contribution < -0.4 is 5.32 Å². The van der Waals surface area contributed by atoms with Crippen molar-refractivity contribution in [3.63, 3.8) is 0 Å². The van der Waals surface area contributed by atoms with E-state index >= 15 is 0 Å². The van der Waals surface area contributed by atoms with Crippen molar-refractivity contribution in [2.45, 2.75) is 18.6 Å². The molecule has 0 unspecified atom stereocenters. The lowest BCUT2D eigenvalue weighted by atomic mass is 10.0. The summed E-state index contributed by atoms with van der Waals surface area (Å²) in [4.78, 5) is 27.1. The fraction of sp³-hybridized carbons (Fsp3) is 0.333. The molecule has 0 aliphatic carbocycles. The number of carbonyl (C=O) groups excluding carboxylic acids is 2. The van der Waals surface area contributed by atoms with Gasteiger partial charge in [0.05, 0.1) is 13.2 Å². The Morgan fingerprint density at radius 3 is 2.26 bits per heavy atom. The number of likely N-dealkylation sites (tertiary alicyclic amines) is 1. The third-order valence-electron chi connectivity index (χ3n) is 5.03. The van der Waals surface area contributed by atoms with Gasteiger partial charge in [-0.2, -0.15) is 0 Å². The molecule has 1 N–H and O–H groups in total. The fourth-order valence-corrected chi connectivity index (χ4v) is 3.54. The lowest BCUT2D eigenvalue weighted by Gasteiger charge is -2.37. The first-order valence-corrected chi connectivity index (χ1v) is 9.19. The Morgan fingerprint density at radius 2 is 1.56 bits per heavy atom. The van der Waals surface area contributed by atoms with E-state index in [2.05, 4.69) is 5.32 Å². The van der Waals surface area contributed by atoms with Gasteiger partial charge in [0.2, 0.25) is 0 Å². The number of para-hydroxylation sites is 1. The summed E-state index contributed by atoms with van der Waals surface area (Å²) < 4.78 is 11.4. The van der Waals surface area contributed by atoms with Crippen LogP contribution in [0.3, 0.4) is 0 Å². The molecule has 6 nitrogen and oxygen atoms in total. The zero-order valence-corrected chi connectivity index (χ0v) is 15.0. The summed E-state index contributed by atoms with van der Waals surface area (Å²) in [6, 6.07) is 16.1. The van der Waals surface area contributed by atoms with Crippen molar-refractivity contribution in [2.75, 3.05) is 31.6 Å². The molecule has 4 rings (SSSR count). The van der Waals surface area contributed by atoms with Crippen molar-refractivity contribution >= 4 is 17.5 Å². The maximum atomic E-state index is 12.8. The molecule has 2 heterocycles. The Bertz CT molecular complexity index is 821. The van der Waals surface area contributed by atoms with Gasteiger partial charge in [-0.25, -0.2) is 0 Å². The van der Waals surface area contributed by atoms with E-state index in [1.54, 1.807) is 29.2 Å². The van der Waals surface area contributed by atoms with Gasteiger partial charge < -0.3 is 19.7 Å². The average Bonchev–Trinajstić information content (AvgIpc) is 3.17. The van der Waals surface area contributed by atoms with E-state index in [-0.39, 0.29) is 11.8 Å². The van der Waals surface area contributed by atoms with E-state index in [9.17, 15) is 9.59 Å². The van der Waals surface area contributed by atoms with Crippen molar-refractivity contribution in [1.82, 2.24) is 4.90 Å². The number of amides is 2. The number of nitrogens with one attached hydrogen (secondary N) is 1. The van der Waals surface area contributed by atoms with Crippen LogP contribution in [0.15, 0.2) is 54.6 Å². The molecule has 1 spiro atoms. The Labute approximate surface area is 158 Å². The zero-order valence-electron chi connectivity index (χ0n) is 15.0. The van der Waals surface area contributed by atoms with Gasteiger partial charge in [-0.1, -0.05) is 24.3 Å². The second-order valence-corrected chi connectivity index (χ2v) is 6.80. The molecule has 2 fully saturated rings. The van der Waals surface area contributed by atoms with Crippen molar-refractivity contribution in [1.29, 1.82) is 0 Å². The van der Waals surface area contributed by atoms with E-state index < -0.39 is 5.79 Å². The molecule has 0 aromatic heterocycles. The molecule has 2 aromatic rings. The van der Waals surface area contributed by atoms with Crippen molar-refractivity contribution < 1.29 is 19.1 Å². The number of piperidine rings is 1. The largest absolute Gasteiger partial charge is 0.347 e. The molecule has 0 bridgehead atoms. The van der Waals surface area contributed by atoms with Gasteiger partial charge in [-0.15, -0.1) is 0 Å². The van der Waals surface area contributed by atoms with Crippen LogP contribution in [0.5, 0.6) is 0 Å². The number of benzene rings is 2. The Morgan fingerprint density at radius 1 is 0.889 bits per heavy atom. The first kappa shape index (κ1) is 17.7. The normalized spacial score (nSPS) is 18.4. The maximum Gasteiger partial charge on any atom is 0.255 e. The minimum absolute atomic E-state index is 0.0720. The molecular weight excluding hydrogens is 344 g/mol. The molecule has 2 aliphatic heterocycles. The third-order valence-corrected chi connectivity index (χ3v) is 5.03. The molecule has 2 aliphatic rings. The van der Waals surface area contributed by atoms with Crippen molar-refractivity contribution in [3.05, 3.63) is 65.7 Å². The van der Waals surface area contributed by atoms with Crippen molar-refractivity contribution in [2.24, 2.45) is 0 Å². The first-order valence-electron chi connectivity index (χ1n) is 9.19. The minimum atomic E-state index is -0.506. The number of carbonyl (C=O) groups is 2.